The highest BCUT2D eigenvalue weighted by Gasteiger charge is 2.33. The molecular weight excluding hydrogens is 665 g/mol. The Bertz CT molecular complexity index is 1640. The number of nitrogens with zero attached hydrogens (tertiary/aromatic N) is 6. The Morgan fingerprint density at radius 2 is 1.52 bits per heavy atom. The number of amides is 4. The van der Waals surface area contributed by atoms with Gasteiger partial charge < -0.3 is 25.2 Å². The molecule has 5 rings (SSSR count). The van der Waals surface area contributed by atoms with E-state index in [9.17, 15) is 23.6 Å². The first-order valence-corrected chi connectivity index (χ1v) is 18.4. The van der Waals surface area contributed by atoms with Crippen molar-refractivity contribution >= 4 is 29.5 Å². The molecule has 2 aromatic carbocycles. The topological polar surface area (TPSA) is 132 Å². The Kier molecular flexibility index (Phi) is 12.7. The molecular formula is C39H54FN7O5. The minimum absolute atomic E-state index is 0.0295. The normalized spacial score (nSPS) is 19.8. The monoisotopic (exact) mass is 719 g/mol. The van der Waals surface area contributed by atoms with E-state index in [1.165, 1.54) is 6.07 Å². The molecule has 282 valence electrons. The van der Waals surface area contributed by atoms with Gasteiger partial charge in [0.05, 0.1) is 12.1 Å². The molecule has 2 N–H and O–H groups in total. The number of benzene rings is 2. The lowest BCUT2D eigenvalue weighted by molar-refractivity contribution is -0.134. The van der Waals surface area contributed by atoms with Gasteiger partial charge in [0.25, 0.3) is 5.91 Å². The largest absolute Gasteiger partial charge is 0.444 e. The summed E-state index contributed by atoms with van der Waals surface area (Å²) in [5, 5.41) is 0. The van der Waals surface area contributed by atoms with Crippen molar-refractivity contribution in [3.63, 3.8) is 0 Å². The van der Waals surface area contributed by atoms with Gasteiger partial charge in [0.15, 0.2) is 0 Å². The molecule has 3 saturated heterocycles. The third-order valence-electron chi connectivity index (χ3n) is 10.2. The number of halogens is 1. The van der Waals surface area contributed by atoms with Gasteiger partial charge in [-0.05, 0) is 83.3 Å². The molecule has 0 unspecified atom stereocenters. The van der Waals surface area contributed by atoms with E-state index in [1.54, 1.807) is 53.2 Å². The molecule has 12 nitrogen and oxygen atoms in total. The van der Waals surface area contributed by atoms with Crippen LogP contribution < -0.4 is 5.73 Å². The van der Waals surface area contributed by atoms with Crippen LogP contribution in [0.1, 0.15) is 72.4 Å². The summed E-state index contributed by atoms with van der Waals surface area (Å²) in [6, 6.07) is 11.5. The molecule has 13 heteroatoms. The number of carbonyl (C=O) groups is 4. The minimum Gasteiger partial charge on any atom is -0.444 e. The first kappa shape index (κ1) is 38.9. The maximum Gasteiger partial charge on any atom is 0.410 e. The van der Waals surface area contributed by atoms with Gasteiger partial charge in [0.1, 0.15) is 11.4 Å². The molecule has 0 bridgehead atoms. The summed E-state index contributed by atoms with van der Waals surface area (Å²) in [6.45, 7) is 14.5. The molecule has 3 aliphatic heterocycles. The Hall–Kier alpha value is -4.36. The fraction of sp³-hybridized carbons (Fsp3) is 0.564. The fourth-order valence-electron chi connectivity index (χ4n) is 7.39. The maximum absolute atomic E-state index is 15.0. The van der Waals surface area contributed by atoms with Crippen LogP contribution in [0.3, 0.4) is 0 Å². The molecule has 3 heterocycles. The summed E-state index contributed by atoms with van der Waals surface area (Å²) in [6.07, 6.45) is 2.07. The Balaban J connectivity index is 1.06. The quantitative estimate of drug-likeness (QED) is 0.393. The van der Waals surface area contributed by atoms with Crippen LogP contribution in [0.4, 0.5) is 9.18 Å². The van der Waals surface area contributed by atoms with Crippen molar-refractivity contribution < 1.29 is 28.3 Å². The van der Waals surface area contributed by atoms with Crippen LogP contribution in [0.5, 0.6) is 0 Å². The number of carbonyl (C=O) groups excluding carboxylic acids is 4. The molecule has 1 atom stereocenters. The molecule has 3 aliphatic rings. The van der Waals surface area contributed by atoms with E-state index in [0.717, 1.165) is 45.6 Å². The third kappa shape index (κ3) is 9.94. The van der Waals surface area contributed by atoms with Crippen molar-refractivity contribution in [1.29, 1.82) is 0 Å². The van der Waals surface area contributed by atoms with Crippen LogP contribution in [-0.4, -0.2) is 145 Å². The maximum atomic E-state index is 15.0. The van der Waals surface area contributed by atoms with Gasteiger partial charge in [-0.2, -0.15) is 0 Å². The lowest BCUT2D eigenvalue weighted by Gasteiger charge is -2.42. The molecule has 52 heavy (non-hydrogen) atoms. The van der Waals surface area contributed by atoms with Gasteiger partial charge in [0, 0.05) is 88.7 Å². The highest BCUT2D eigenvalue weighted by atomic mass is 19.1. The van der Waals surface area contributed by atoms with Crippen molar-refractivity contribution in [3.05, 3.63) is 70.5 Å². The number of rotatable bonds is 9. The van der Waals surface area contributed by atoms with Crippen LogP contribution >= 0.6 is 0 Å². The SMILES string of the molecule is CN=C(Cc1ccc(F)c(C(=O)N2CCN(C(=O)CN3CCC(CN4CCN(C(=O)OC(C)(C)C)[C@@H](C)C4)CC3)CC2)c1)c1ccccc1C(N)=O. The van der Waals surface area contributed by atoms with Crippen LogP contribution in [0.15, 0.2) is 47.5 Å². The average molecular weight is 720 g/mol. The summed E-state index contributed by atoms with van der Waals surface area (Å²) in [5.74, 6) is -0.994. The molecule has 0 aromatic heterocycles. The Labute approximate surface area is 306 Å². The molecule has 0 saturated carbocycles. The zero-order valence-electron chi connectivity index (χ0n) is 31.3. The number of piperazine rings is 2. The van der Waals surface area contributed by atoms with E-state index in [-0.39, 0.29) is 30.0 Å². The zero-order chi connectivity index (χ0) is 37.6. The van der Waals surface area contributed by atoms with Gasteiger partial charge in [-0.1, -0.05) is 24.3 Å². The predicted octanol–water partition coefficient (Wildman–Crippen LogP) is 3.52. The second kappa shape index (κ2) is 17.0. The van der Waals surface area contributed by atoms with Crippen molar-refractivity contribution in [2.24, 2.45) is 16.6 Å². The lowest BCUT2D eigenvalue weighted by Crippen LogP contribution is -2.56. The van der Waals surface area contributed by atoms with E-state index in [0.29, 0.717) is 67.6 Å². The summed E-state index contributed by atoms with van der Waals surface area (Å²) >= 11 is 0. The molecule has 0 spiro atoms. The van der Waals surface area contributed by atoms with Gasteiger partial charge in [-0.25, -0.2) is 9.18 Å². The summed E-state index contributed by atoms with van der Waals surface area (Å²) in [5.41, 5.74) is 7.25. The number of hydrogen-bond acceptors (Lipinski definition) is 8. The van der Waals surface area contributed by atoms with E-state index >= 15 is 0 Å². The smallest absolute Gasteiger partial charge is 0.410 e. The van der Waals surface area contributed by atoms with Crippen LogP contribution in [0.25, 0.3) is 0 Å². The molecule has 2 aromatic rings. The predicted molar refractivity (Wildman–Crippen MR) is 198 cm³/mol. The highest BCUT2D eigenvalue weighted by Crippen LogP contribution is 2.23. The number of ether oxygens (including phenoxy) is 1. The third-order valence-corrected chi connectivity index (χ3v) is 10.2. The second-order valence-corrected chi connectivity index (χ2v) is 15.2. The fourth-order valence-corrected chi connectivity index (χ4v) is 7.39. The molecule has 3 fully saturated rings. The van der Waals surface area contributed by atoms with Crippen molar-refractivity contribution in [3.8, 4) is 0 Å². The number of hydrogen-bond donors (Lipinski definition) is 1. The van der Waals surface area contributed by atoms with Crippen LogP contribution in [-0.2, 0) is 16.0 Å². The molecule has 0 aliphatic carbocycles. The van der Waals surface area contributed by atoms with E-state index in [2.05, 4.69) is 21.7 Å². The van der Waals surface area contributed by atoms with Gasteiger partial charge in [0.2, 0.25) is 11.8 Å². The molecule has 4 amide bonds. The Morgan fingerprint density at radius 1 is 0.865 bits per heavy atom. The summed E-state index contributed by atoms with van der Waals surface area (Å²) in [4.78, 5) is 65.6. The van der Waals surface area contributed by atoms with Gasteiger partial charge in [-0.3, -0.25) is 29.2 Å². The number of piperidine rings is 1. The van der Waals surface area contributed by atoms with Gasteiger partial charge >= 0.3 is 6.09 Å². The second-order valence-electron chi connectivity index (χ2n) is 15.2. The number of primary amides is 1. The lowest BCUT2D eigenvalue weighted by atomic mass is 9.95. The van der Waals surface area contributed by atoms with Crippen molar-refractivity contribution in [1.82, 2.24) is 24.5 Å². The number of aliphatic imine (C=N–C) groups is 1. The zero-order valence-corrected chi connectivity index (χ0v) is 31.3. The van der Waals surface area contributed by atoms with E-state index in [4.69, 9.17) is 10.5 Å². The van der Waals surface area contributed by atoms with Crippen LogP contribution in [0, 0.1) is 11.7 Å². The van der Waals surface area contributed by atoms with Crippen molar-refractivity contribution in [2.75, 3.05) is 79.0 Å². The number of likely N-dealkylation sites (tertiary alicyclic amines) is 1. The van der Waals surface area contributed by atoms with Crippen molar-refractivity contribution in [2.45, 2.75) is 58.6 Å². The molecule has 0 radical (unpaired) electrons. The van der Waals surface area contributed by atoms with Crippen LogP contribution in [0.2, 0.25) is 0 Å². The standard InChI is InChI=1S/C39H54FN7O5/c1-27-24-44(16-21-47(27)38(51)52-39(2,3)4)25-28-12-14-43(15-13-28)26-35(48)45-17-19-46(20-18-45)37(50)32-22-29(10-11-33(32)40)23-34(42-5)30-8-6-7-9-31(30)36(41)49/h6-11,22,27-28H,12-21,23-26H2,1-5H3,(H2,41,49)/t27-/m0/s1. The summed E-state index contributed by atoms with van der Waals surface area (Å²) < 4.78 is 20.6. The number of nitrogens with two attached hydrogens (primary N) is 1. The first-order chi connectivity index (χ1) is 24.7. The first-order valence-electron chi connectivity index (χ1n) is 18.4. The minimum atomic E-state index is -0.610. The highest BCUT2D eigenvalue weighted by molar-refractivity contribution is 6.10. The van der Waals surface area contributed by atoms with E-state index in [1.807, 2.05) is 25.7 Å². The van der Waals surface area contributed by atoms with Gasteiger partial charge in [-0.15, -0.1) is 0 Å². The van der Waals surface area contributed by atoms with E-state index < -0.39 is 23.2 Å². The Morgan fingerprint density at radius 3 is 2.13 bits per heavy atom. The summed E-state index contributed by atoms with van der Waals surface area (Å²) in [7, 11) is 1.62. The average Bonchev–Trinajstić information content (AvgIpc) is 3.11.